The predicted molar refractivity (Wildman–Crippen MR) is 58.2 cm³/mol. The number of hydrogen-bond donors (Lipinski definition) is 0. The van der Waals surface area contributed by atoms with Gasteiger partial charge in [-0.1, -0.05) is 24.3 Å². The molecule has 0 heterocycles. The van der Waals surface area contributed by atoms with Crippen LogP contribution >= 0.6 is 0 Å². The van der Waals surface area contributed by atoms with Gasteiger partial charge in [-0.25, -0.2) is 0 Å². The summed E-state index contributed by atoms with van der Waals surface area (Å²) in [7, 11) is 0. The van der Waals surface area contributed by atoms with Crippen LogP contribution in [-0.4, -0.2) is 6.29 Å². The quantitative estimate of drug-likeness (QED) is 0.684. The largest absolute Gasteiger partial charge is 0.298 e. The number of carbonyl (C=O) groups excluding carboxylic acids is 1. The van der Waals surface area contributed by atoms with Gasteiger partial charge in [-0.2, -0.15) is 5.26 Å². The minimum absolute atomic E-state index is 0.677. The number of nitriles is 1. The van der Waals surface area contributed by atoms with Gasteiger partial charge in [0.25, 0.3) is 0 Å². The van der Waals surface area contributed by atoms with Crippen molar-refractivity contribution in [3.63, 3.8) is 0 Å². The molecule has 15 heavy (non-hydrogen) atoms. The van der Waals surface area contributed by atoms with Gasteiger partial charge in [0.1, 0.15) is 6.29 Å². The van der Waals surface area contributed by atoms with E-state index in [1.54, 1.807) is 12.1 Å². The number of rotatable bonds is 2. The molecule has 74 valence electrons. The Morgan fingerprint density at radius 3 is 2.53 bits per heavy atom. The van der Waals surface area contributed by atoms with E-state index in [0.29, 0.717) is 5.56 Å². The van der Waals surface area contributed by atoms with Crippen LogP contribution in [0.4, 0.5) is 0 Å². The van der Waals surface area contributed by atoms with Crippen LogP contribution < -0.4 is 0 Å². The highest BCUT2D eigenvalue weighted by molar-refractivity contribution is 5.78. The Kier molecular flexibility index (Phi) is 2.64. The number of aldehydes is 1. The maximum atomic E-state index is 10.5. The van der Waals surface area contributed by atoms with Gasteiger partial charge < -0.3 is 0 Å². The molecule has 1 aromatic carbocycles. The molecule has 0 saturated heterocycles. The second-order valence-electron chi connectivity index (χ2n) is 3.66. The summed E-state index contributed by atoms with van der Waals surface area (Å²) >= 11 is 0. The highest BCUT2D eigenvalue weighted by atomic mass is 16.1. The first-order valence-electron chi connectivity index (χ1n) is 5.03. The first-order chi connectivity index (χ1) is 7.35. The summed E-state index contributed by atoms with van der Waals surface area (Å²) in [6, 6.07) is 9.68. The lowest BCUT2D eigenvalue weighted by Crippen LogP contribution is -1.85. The zero-order valence-corrected chi connectivity index (χ0v) is 8.36. The lowest BCUT2D eigenvalue weighted by atomic mass is 10.0. The Morgan fingerprint density at radius 2 is 1.93 bits per heavy atom. The van der Waals surface area contributed by atoms with Gasteiger partial charge in [0.15, 0.2) is 0 Å². The van der Waals surface area contributed by atoms with Crippen LogP contribution in [0.1, 0.15) is 35.2 Å². The molecule has 0 N–H and O–H groups in total. The van der Waals surface area contributed by atoms with Crippen molar-refractivity contribution in [1.29, 1.82) is 5.26 Å². The van der Waals surface area contributed by atoms with Crippen molar-refractivity contribution in [2.45, 2.75) is 19.3 Å². The van der Waals surface area contributed by atoms with Gasteiger partial charge in [0.05, 0.1) is 6.07 Å². The standard InChI is InChI=1S/C13H11NO/c14-8-12-2-1-3-13(12)11-6-4-10(9-15)5-7-11/h4-7,9H,1-3H2. The van der Waals surface area contributed by atoms with Gasteiger partial charge in [-0.3, -0.25) is 4.79 Å². The van der Waals surface area contributed by atoms with E-state index in [9.17, 15) is 4.79 Å². The molecule has 0 aliphatic heterocycles. The fourth-order valence-electron chi connectivity index (χ4n) is 1.95. The van der Waals surface area contributed by atoms with E-state index in [2.05, 4.69) is 6.07 Å². The summed E-state index contributed by atoms with van der Waals surface area (Å²) in [5.74, 6) is 0. The number of nitrogens with zero attached hydrogens (tertiary/aromatic N) is 1. The van der Waals surface area contributed by atoms with E-state index in [-0.39, 0.29) is 0 Å². The summed E-state index contributed by atoms with van der Waals surface area (Å²) in [5.41, 5.74) is 3.80. The second-order valence-corrected chi connectivity index (χ2v) is 3.66. The Hall–Kier alpha value is -1.88. The maximum Gasteiger partial charge on any atom is 0.150 e. The molecule has 1 aliphatic carbocycles. The Balaban J connectivity index is 2.38. The van der Waals surface area contributed by atoms with E-state index in [4.69, 9.17) is 5.26 Å². The molecular weight excluding hydrogens is 186 g/mol. The third-order valence-corrected chi connectivity index (χ3v) is 2.75. The van der Waals surface area contributed by atoms with Crippen LogP contribution in [0.3, 0.4) is 0 Å². The number of benzene rings is 1. The SMILES string of the molecule is N#CC1=C(c2ccc(C=O)cc2)CCC1. The predicted octanol–water partition coefficient (Wildman–Crippen LogP) is 2.96. The van der Waals surface area contributed by atoms with Crippen molar-refractivity contribution in [3.05, 3.63) is 41.0 Å². The molecule has 0 atom stereocenters. The smallest absolute Gasteiger partial charge is 0.150 e. The van der Waals surface area contributed by atoms with Gasteiger partial charge >= 0.3 is 0 Å². The summed E-state index contributed by atoms with van der Waals surface area (Å²) in [6.07, 6.45) is 3.76. The Labute approximate surface area is 88.8 Å². The lowest BCUT2D eigenvalue weighted by molar-refractivity contribution is 0.112. The van der Waals surface area contributed by atoms with Crippen molar-refractivity contribution in [2.24, 2.45) is 0 Å². The van der Waals surface area contributed by atoms with Crippen molar-refractivity contribution in [2.75, 3.05) is 0 Å². The number of allylic oxidation sites excluding steroid dienone is 2. The number of carbonyl (C=O) groups is 1. The highest BCUT2D eigenvalue weighted by Gasteiger charge is 2.15. The highest BCUT2D eigenvalue weighted by Crippen LogP contribution is 2.33. The normalized spacial score (nSPS) is 15.1. The fourth-order valence-corrected chi connectivity index (χ4v) is 1.95. The third kappa shape index (κ3) is 1.82. The van der Waals surface area contributed by atoms with Crippen molar-refractivity contribution >= 4 is 11.9 Å². The summed E-state index contributed by atoms with van der Waals surface area (Å²) in [6.45, 7) is 0. The molecular formula is C13H11NO. The van der Waals surface area contributed by atoms with Gasteiger partial charge in [-0.05, 0) is 30.4 Å². The average Bonchev–Trinajstić information content (AvgIpc) is 2.77. The van der Waals surface area contributed by atoms with E-state index in [1.165, 1.54) is 0 Å². The van der Waals surface area contributed by atoms with Crippen LogP contribution in [0.15, 0.2) is 29.8 Å². The molecule has 1 aliphatic rings. The summed E-state index contributed by atoms with van der Waals surface area (Å²) in [5, 5.41) is 8.93. The van der Waals surface area contributed by atoms with Crippen molar-refractivity contribution in [1.82, 2.24) is 0 Å². The molecule has 0 fully saturated rings. The van der Waals surface area contributed by atoms with E-state index >= 15 is 0 Å². The molecule has 0 saturated carbocycles. The van der Waals surface area contributed by atoms with Crippen LogP contribution in [0, 0.1) is 11.3 Å². The zero-order chi connectivity index (χ0) is 10.7. The monoisotopic (exact) mass is 197 g/mol. The van der Waals surface area contributed by atoms with Crippen molar-refractivity contribution < 1.29 is 4.79 Å². The first-order valence-corrected chi connectivity index (χ1v) is 5.03. The first kappa shape index (κ1) is 9.67. The molecule has 0 amide bonds. The van der Waals surface area contributed by atoms with E-state index < -0.39 is 0 Å². The van der Waals surface area contributed by atoms with Crippen molar-refractivity contribution in [3.8, 4) is 6.07 Å². The zero-order valence-electron chi connectivity index (χ0n) is 8.36. The molecule has 0 spiro atoms. The molecule has 0 unspecified atom stereocenters. The van der Waals surface area contributed by atoms with E-state index in [1.807, 2.05) is 12.1 Å². The number of hydrogen-bond acceptors (Lipinski definition) is 2. The summed E-state index contributed by atoms with van der Waals surface area (Å²) < 4.78 is 0. The van der Waals surface area contributed by atoms with E-state index in [0.717, 1.165) is 42.3 Å². The lowest BCUT2D eigenvalue weighted by Gasteiger charge is -2.02. The minimum atomic E-state index is 0.677. The topological polar surface area (TPSA) is 40.9 Å². The molecule has 2 rings (SSSR count). The van der Waals surface area contributed by atoms with Crippen LogP contribution in [-0.2, 0) is 0 Å². The van der Waals surface area contributed by atoms with Gasteiger partial charge in [0, 0.05) is 11.1 Å². The Morgan fingerprint density at radius 1 is 1.20 bits per heavy atom. The summed E-state index contributed by atoms with van der Waals surface area (Å²) in [4.78, 5) is 10.5. The average molecular weight is 197 g/mol. The molecule has 0 radical (unpaired) electrons. The van der Waals surface area contributed by atoms with Gasteiger partial charge in [-0.15, -0.1) is 0 Å². The third-order valence-electron chi connectivity index (χ3n) is 2.75. The second kappa shape index (κ2) is 4.10. The minimum Gasteiger partial charge on any atom is -0.298 e. The van der Waals surface area contributed by atoms with Gasteiger partial charge in [0.2, 0.25) is 0 Å². The molecule has 0 aromatic heterocycles. The Bertz CT molecular complexity index is 448. The van der Waals surface area contributed by atoms with Crippen LogP contribution in [0.5, 0.6) is 0 Å². The molecule has 2 nitrogen and oxygen atoms in total. The molecule has 0 bridgehead atoms. The molecule has 1 aromatic rings. The van der Waals surface area contributed by atoms with Crippen LogP contribution in [0.25, 0.3) is 5.57 Å². The van der Waals surface area contributed by atoms with Crippen LogP contribution in [0.2, 0.25) is 0 Å². The maximum absolute atomic E-state index is 10.5. The fraction of sp³-hybridized carbons (Fsp3) is 0.231. The molecule has 2 heteroatoms.